The summed E-state index contributed by atoms with van der Waals surface area (Å²) in [5.41, 5.74) is 0. The summed E-state index contributed by atoms with van der Waals surface area (Å²) in [6.07, 6.45) is 1.06. The summed E-state index contributed by atoms with van der Waals surface area (Å²) in [5.74, 6) is 0.412. The summed E-state index contributed by atoms with van der Waals surface area (Å²) in [6, 6.07) is 3.15. The topological polar surface area (TPSA) is 49.4 Å². The van der Waals surface area contributed by atoms with Crippen molar-refractivity contribution in [2.45, 2.75) is 17.6 Å². The Morgan fingerprint density at radius 2 is 2.33 bits per heavy atom. The number of nitrogens with one attached hydrogen (secondary N) is 1. The molecular formula is C11H17ClN2O2S2. The first kappa shape index (κ1) is 14.3. The molecule has 1 N–H and O–H groups in total. The molecule has 4 nitrogen and oxygen atoms in total. The predicted octanol–water partition coefficient (Wildman–Crippen LogP) is 2.02. The van der Waals surface area contributed by atoms with Crippen molar-refractivity contribution in [1.29, 1.82) is 0 Å². The number of halogens is 1. The number of sulfonamides is 1. The Labute approximate surface area is 117 Å². The Balaban J connectivity index is 1.90. The van der Waals surface area contributed by atoms with Crippen LogP contribution in [0.25, 0.3) is 0 Å². The second-order valence-corrected chi connectivity index (χ2v) is 8.17. The van der Waals surface area contributed by atoms with Crippen LogP contribution in [0.1, 0.15) is 13.3 Å². The molecule has 0 saturated carbocycles. The minimum atomic E-state index is -3.39. The molecule has 1 fully saturated rings. The lowest BCUT2D eigenvalue weighted by Gasteiger charge is -2.13. The van der Waals surface area contributed by atoms with Crippen molar-refractivity contribution < 1.29 is 8.42 Å². The van der Waals surface area contributed by atoms with Crippen molar-refractivity contribution in [1.82, 2.24) is 9.62 Å². The third-order valence-corrected chi connectivity index (χ3v) is 6.34. The lowest BCUT2D eigenvalue weighted by Crippen LogP contribution is -2.30. The van der Waals surface area contributed by atoms with Crippen molar-refractivity contribution in [2.75, 3.05) is 26.2 Å². The van der Waals surface area contributed by atoms with E-state index in [1.165, 1.54) is 0 Å². The van der Waals surface area contributed by atoms with Gasteiger partial charge in [-0.05, 0) is 37.6 Å². The maximum absolute atomic E-state index is 12.0. The number of hydrogen-bond donors (Lipinski definition) is 1. The molecule has 7 heteroatoms. The van der Waals surface area contributed by atoms with E-state index < -0.39 is 10.0 Å². The Morgan fingerprint density at radius 3 is 2.89 bits per heavy atom. The van der Waals surface area contributed by atoms with Gasteiger partial charge < -0.3 is 4.90 Å². The van der Waals surface area contributed by atoms with Gasteiger partial charge in [-0.3, -0.25) is 0 Å². The average molecular weight is 309 g/mol. The summed E-state index contributed by atoms with van der Waals surface area (Å²) in [4.78, 5) is 2.33. The number of hydrogen-bond acceptors (Lipinski definition) is 4. The quantitative estimate of drug-likeness (QED) is 0.905. The Bertz CT molecular complexity index is 501. The number of nitrogens with zero attached hydrogens (tertiary/aromatic N) is 1. The first-order chi connectivity index (χ1) is 8.51. The largest absolute Gasteiger partial charge is 0.303 e. The highest BCUT2D eigenvalue weighted by Gasteiger charge is 2.24. The second kappa shape index (κ2) is 5.88. The van der Waals surface area contributed by atoms with Gasteiger partial charge >= 0.3 is 0 Å². The van der Waals surface area contributed by atoms with Crippen molar-refractivity contribution in [3.8, 4) is 0 Å². The summed E-state index contributed by atoms with van der Waals surface area (Å²) < 4.78 is 27.4. The molecule has 102 valence electrons. The zero-order valence-electron chi connectivity index (χ0n) is 10.2. The third kappa shape index (κ3) is 3.45. The standard InChI is InChI=1S/C11H17ClN2O2S2/c1-2-14-6-5-9(8-14)7-13-18(15,16)11-4-3-10(12)17-11/h3-4,9,13H,2,5-8H2,1H3. The van der Waals surface area contributed by atoms with Gasteiger partial charge in [0, 0.05) is 13.1 Å². The molecule has 0 amide bonds. The van der Waals surface area contributed by atoms with Crippen LogP contribution in [0.5, 0.6) is 0 Å². The van der Waals surface area contributed by atoms with E-state index in [0.717, 1.165) is 37.4 Å². The zero-order valence-corrected chi connectivity index (χ0v) is 12.6. The zero-order chi connectivity index (χ0) is 13.2. The molecule has 1 unspecified atom stereocenters. The Morgan fingerprint density at radius 1 is 1.56 bits per heavy atom. The molecule has 1 aliphatic rings. The van der Waals surface area contributed by atoms with Crippen LogP contribution < -0.4 is 4.72 Å². The van der Waals surface area contributed by atoms with E-state index in [-0.39, 0.29) is 4.21 Å². The molecule has 0 radical (unpaired) electrons. The Kier molecular flexibility index (Phi) is 4.66. The van der Waals surface area contributed by atoms with E-state index in [2.05, 4.69) is 16.5 Å². The lowest BCUT2D eigenvalue weighted by molar-refractivity contribution is 0.342. The van der Waals surface area contributed by atoms with Gasteiger partial charge in [0.15, 0.2) is 0 Å². The van der Waals surface area contributed by atoms with E-state index >= 15 is 0 Å². The lowest BCUT2D eigenvalue weighted by atomic mass is 10.1. The van der Waals surface area contributed by atoms with Crippen LogP contribution >= 0.6 is 22.9 Å². The molecule has 0 aliphatic carbocycles. The molecule has 1 aliphatic heterocycles. The number of likely N-dealkylation sites (tertiary alicyclic amines) is 1. The monoisotopic (exact) mass is 308 g/mol. The molecule has 0 aromatic carbocycles. The molecule has 0 spiro atoms. The van der Waals surface area contributed by atoms with Crippen LogP contribution in [-0.2, 0) is 10.0 Å². The van der Waals surface area contributed by atoms with Gasteiger partial charge in [0.05, 0.1) is 4.34 Å². The van der Waals surface area contributed by atoms with E-state index in [1.807, 2.05) is 0 Å². The fourth-order valence-electron chi connectivity index (χ4n) is 2.11. The summed E-state index contributed by atoms with van der Waals surface area (Å²) in [6.45, 7) is 5.70. The average Bonchev–Trinajstić information content (AvgIpc) is 2.95. The van der Waals surface area contributed by atoms with Gasteiger partial charge in [-0.2, -0.15) is 0 Å². The van der Waals surface area contributed by atoms with Gasteiger partial charge in [-0.15, -0.1) is 11.3 Å². The predicted molar refractivity (Wildman–Crippen MR) is 74.7 cm³/mol. The second-order valence-electron chi connectivity index (χ2n) is 4.46. The molecule has 0 bridgehead atoms. The molecule has 1 saturated heterocycles. The fraction of sp³-hybridized carbons (Fsp3) is 0.636. The number of rotatable bonds is 5. The molecule has 2 heterocycles. The first-order valence-corrected chi connectivity index (χ1v) is 8.66. The molecule has 18 heavy (non-hydrogen) atoms. The van der Waals surface area contributed by atoms with Crippen molar-refractivity contribution in [3.05, 3.63) is 16.5 Å². The van der Waals surface area contributed by atoms with Gasteiger partial charge in [-0.25, -0.2) is 13.1 Å². The van der Waals surface area contributed by atoms with Crippen LogP contribution in [0, 0.1) is 5.92 Å². The van der Waals surface area contributed by atoms with E-state index in [0.29, 0.717) is 16.8 Å². The molecule has 2 rings (SSSR count). The van der Waals surface area contributed by atoms with Crippen LogP contribution in [0.3, 0.4) is 0 Å². The number of thiophene rings is 1. The van der Waals surface area contributed by atoms with E-state index in [9.17, 15) is 8.42 Å². The molecular weight excluding hydrogens is 292 g/mol. The van der Waals surface area contributed by atoms with Crippen LogP contribution in [0.4, 0.5) is 0 Å². The summed E-state index contributed by atoms with van der Waals surface area (Å²) >= 11 is 6.84. The Hall–Kier alpha value is -0.140. The highest BCUT2D eigenvalue weighted by molar-refractivity contribution is 7.91. The highest BCUT2D eigenvalue weighted by Crippen LogP contribution is 2.25. The van der Waals surface area contributed by atoms with E-state index in [4.69, 9.17) is 11.6 Å². The fourth-order valence-corrected chi connectivity index (χ4v) is 4.75. The smallest absolute Gasteiger partial charge is 0.250 e. The van der Waals surface area contributed by atoms with Crippen LogP contribution in [0.2, 0.25) is 4.34 Å². The minimum Gasteiger partial charge on any atom is -0.303 e. The van der Waals surface area contributed by atoms with Crippen molar-refractivity contribution >= 4 is 33.0 Å². The van der Waals surface area contributed by atoms with Crippen molar-refractivity contribution in [2.24, 2.45) is 5.92 Å². The summed E-state index contributed by atoms with van der Waals surface area (Å²) in [7, 11) is -3.39. The molecule has 1 atom stereocenters. The highest BCUT2D eigenvalue weighted by atomic mass is 35.5. The van der Waals surface area contributed by atoms with Gasteiger partial charge in [0.25, 0.3) is 0 Å². The maximum atomic E-state index is 12.0. The van der Waals surface area contributed by atoms with Gasteiger partial charge in [0.2, 0.25) is 10.0 Å². The minimum absolute atomic E-state index is 0.290. The van der Waals surface area contributed by atoms with Gasteiger partial charge in [0.1, 0.15) is 4.21 Å². The van der Waals surface area contributed by atoms with Crippen molar-refractivity contribution in [3.63, 3.8) is 0 Å². The van der Waals surface area contributed by atoms with Crippen LogP contribution in [0.15, 0.2) is 16.3 Å². The summed E-state index contributed by atoms with van der Waals surface area (Å²) in [5, 5.41) is 0. The van der Waals surface area contributed by atoms with Gasteiger partial charge in [-0.1, -0.05) is 18.5 Å². The third-order valence-electron chi connectivity index (χ3n) is 3.19. The van der Waals surface area contributed by atoms with E-state index in [1.54, 1.807) is 12.1 Å². The SMILES string of the molecule is CCN1CCC(CNS(=O)(=O)c2ccc(Cl)s2)C1. The van der Waals surface area contributed by atoms with Crippen LogP contribution in [-0.4, -0.2) is 39.5 Å². The first-order valence-electron chi connectivity index (χ1n) is 5.98. The normalized spacial score (nSPS) is 21.6. The molecule has 1 aromatic rings. The molecule has 1 aromatic heterocycles. The maximum Gasteiger partial charge on any atom is 0.250 e.